The summed E-state index contributed by atoms with van der Waals surface area (Å²) in [7, 11) is 0. The van der Waals surface area contributed by atoms with E-state index in [1.165, 1.54) is 23.4 Å². The topological polar surface area (TPSA) is 12.9 Å². The third-order valence-electron chi connectivity index (χ3n) is 4.83. The predicted molar refractivity (Wildman–Crippen MR) is 90.0 cm³/mol. The third kappa shape index (κ3) is 2.71. The van der Waals surface area contributed by atoms with Gasteiger partial charge in [0.1, 0.15) is 5.82 Å². The Labute approximate surface area is 140 Å². The molecule has 1 heterocycles. The van der Waals surface area contributed by atoms with E-state index in [-0.39, 0.29) is 11.7 Å². The van der Waals surface area contributed by atoms with Crippen LogP contribution in [0.25, 0.3) is 0 Å². The largest absolute Gasteiger partial charge is 0.228 e. The molecular formula is C21H17F2N. The number of fused-ring (bicyclic) bond motifs is 2. The highest BCUT2D eigenvalue weighted by atomic mass is 19.1. The van der Waals surface area contributed by atoms with Gasteiger partial charge in [0.15, 0.2) is 0 Å². The molecule has 0 amide bonds. The maximum atomic E-state index is 14.1. The Balaban J connectivity index is 1.86. The molecule has 0 saturated heterocycles. The molecule has 1 aliphatic carbocycles. The lowest BCUT2D eigenvalue weighted by atomic mass is 9.84. The summed E-state index contributed by atoms with van der Waals surface area (Å²) in [6.07, 6.45) is 3.66. The van der Waals surface area contributed by atoms with Crippen molar-refractivity contribution in [1.29, 1.82) is 0 Å². The van der Waals surface area contributed by atoms with Crippen molar-refractivity contribution >= 4 is 0 Å². The van der Waals surface area contributed by atoms with Crippen molar-refractivity contribution in [2.45, 2.75) is 25.2 Å². The van der Waals surface area contributed by atoms with Crippen molar-refractivity contribution in [2.75, 3.05) is 0 Å². The lowest BCUT2D eigenvalue weighted by Crippen LogP contribution is -2.09. The summed E-state index contributed by atoms with van der Waals surface area (Å²) in [6, 6.07) is 16.8. The highest BCUT2D eigenvalue weighted by Gasteiger charge is 2.25. The third-order valence-corrected chi connectivity index (χ3v) is 4.83. The molecule has 1 aliphatic rings. The molecule has 0 bridgehead atoms. The van der Waals surface area contributed by atoms with Gasteiger partial charge in [-0.1, -0.05) is 36.4 Å². The highest BCUT2D eigenvalue weighted by molar-refractivity contribution is 5.46. The van der Waals surface area contributed by atoms with Crippen molar-refractivity contribution in [2.24, 2.45) is 0 Å². The van der Waals surface area contributed by atoms with Gasteiger partial charge in [0.2, 0.25) is 5.95 Å². The fraction of sp³-hybridized carbons (Fsp3) is 0.190. The van der Waals surface area contributed by atoms with E-state index in [1.54, 1.807) is 18.2 Å². The van der Waals surface area contributed by atoms with Crippen LogP contribution in [-0.2, 0) is 19.3 Å². The molecule has 0 aliphatic heterocycles. The van der Waals surface area contributed by atoms with Crippen molar-refractivity contribution in [3.8, 4) is 0 Å². The first-order valence-corrected chi connectivity index (χ1v) is 8.18. The quantitative estimate of drug-likeness (QED) is 0.616. The zero-order valence-corrected chi connectivity index (χ0v) is 13.2. The van der Waals surface area contributed by atoms with E-state index in [4.69, 9.17) is 0 Å². The molecule has 120 valence electrons. The summed E-state index contributed by atoms with van der Waals surface area (Å²) in [5.41, 5.74) is 5.15. The van der Waals surface area contributed by atoms with E-state index >= 15 is 0 Å². The average molecular weight is 321 g/mol. The lowest BCUT2D eigenvalue weighted by molar-refractivity contribution is 0.560. The summed E-state index contributed by atoms with van der Waals surface area (Å²) in [6.45, 7) is 0. The van der Waals surface area contributed by atoms with Gasteiger partial charge in [-0.05, 0) is 59.7 Å². The smallest absolute Gasteiger partial charge is 0.216 e. The Hall–Kier alpha value is -2.55. The maximum absolute atomic E-state index is 14.1. The van der Waals surface area contributed by atoms with Crippen LogP contribution in [0.1, 0.15) is 33.7 Å². The fourth-order valence-corrected chi connectivity index (χ4v) is 3.68. The van der Waals surface area contributed by atoms with Gasteiger partial charge >= 0.3 is 0 Å². The monoisotopic (exact) mass is 321 g/mol. The summed E-state index contributed by atoms with van der Waals surface area (Å²) in [5.74, 6) is -0.632. The van der Waals surface area contributed by atoms with Gasteiger partial charge in [0.05, 0.1) is 0 Å². The molecule has 4 rings (SSSR count). The van der Waals surface area contributed by atoms with Gasteiger partial charge in [-0.2, -0.15) is 4.39 Å². The maximum Gasteiger partial charge on any atom is 0.216 e. The average Bonchev–Trinajstić information content (AvgIpc) is 2.74. The molecule has 0 saturated carbocycles. The van der Waals surface area contributed by atoms with Gasteiger partial charge < -0.3 is 0 Å². The van der Waals surface area contributed by atoms with E-state index in [0.717, 1.165) is 24.0 Å². The van der Waals surface area contributed by atoms with Crippen molar-refractivity contribution < 1.29 is 8.78 Å². The van der Waals surface area contributed by atoms with Gasteiger partial charge in [0, 0.05) is 17.7 Å². The van der Waals surface area contributed by atoms with Crippen molar-refractivity contribution in [3.05, 3.63) is 100 Å². The van der Waals surface area contributed by atoms with Crippen LogP contribution in [0.5, 0.6) is 0 Å². The number of benzene rings is 2. The van der Waals surface area contributed by atoms with Crippen LogP contribution in [0.2, 0.25) is 0 Å². The Morgan fingerprint density at radius 3 is 2.54 bits per heavy atom. The summed E-state index contributed by atoms with van der Waals surface area (Å²) < 4.78 is 27.8. The molecule has 3 aromatic rings. The number of pyridine rings is 1. The normalized spacial score (nSPS) is 16.2. The molecule has 1 unspecified atom stereocenters. The first-order valence-electron chi connectivity index (χ1n) is 8.18. The van der Waals surface area contributed by atoms with E-state index in [1.807, 2.05) is 18.2 Å². The zero-order valence-electron chi connectivity index (χ0n) is 13.2. The summed E-state index contributed by atoms with van der Waals surface area (Å²) in [5, 5.41) is 0. The minimum Gasteiger partial charge on any atom is -0.228 e. The van der Waals surface area contributed by atoms with Crippen LogP contribution in [-0.4, -0.2) is 4.98 Å². The Morgan fingerprint density at radius 2 is 1.67 bits per heavy atom. The number of halogens is 2. The first-order chi connectivity index (χ1) is 11.7. The molecule has 24 heavy (non-hydrogen) atoms. The number of hydrogen-bond donors (Lipinski definition) is 0. The number of hydrogen-bond acceptors (Lipinski definition) is 1. The van der Waals surface area contributed by atoms with Crippen molar-refractivity contribution in [1.82, 2.24) is 4.98 Å². The number of aryl methyl sites for hydroxylation is 2. The van der Waals surface area contributed by atoms with Crippen LogP contribution < -0.4 is 0 Å². The summed E-state index contributed by atoms with van der Waals surface area (Å²) >= 11 is 0. The van der Waals surface area contributed by atoms with Crippen LogP contribution >= 0.6 is 0 Å². The van der Waals surface area contributed by atoms with E-state index < -0.39 is 5.95 Å². The SMILES string of the molecule is Fc1ccc2c(c1)CCc1ccccc1C2Cc1cccnc1F. The molecule has 1 atom stereocenters. The standard InChI is InChI=1S/C21H17F2N/c22-17-9-10-19-15(12-17)8-7-14-4-1-2-6-18(14)20(19)13-16-5-3-11-24-21(16)23/h1-6,9-12,20H,7-8,13H2. The first kappa shape index (κ1) is 15.0. The predicted octanol–water partition coefficient (Wildman–Crippen LogP) is 4.83. The second-order valence-electron chi connectivity index (χ2n) is 6.25. The molecule has 0 radical (unpaired) electrons. The van der Waals surface area contributed by atoms with E-state index in [0.29, 0.717) is 12.0 Å². The minimum atomic E-state index is -0.428. The van der Waals surface area contributed by atoms with Crippen LogP contribution in [0.15, 0.2) is 60.8 Å². The van der Waals surface area contributed by atoms with Crippen LogP contribution in [0, 0.1) is 11.8 Å². The molecule has 0 N–H and O–H groups in total. The molecule has 0 fully saturated rings. The molecule has 3 heteroatoms. The number of nitrogens with zero attached hydrogens (tertiary/aromatic N) is 1. The van der Waals surface area contributed by atoms with Crippen LogP contribution in [0.4, 0.5) is 8.78 Å². The zero-order chi connectivity index (χ0) is 16.5. The highest BCUT2D eigenvalue weighted by Crippen LogP contribution is 2.37. The summed E-state index contributed by atoms with van der Waals surface area (Å²) in [4.78, 5) is 3.77. The Morgan fingerprint density at radius 1 is 0.875 bits per heavy atom. The number of rotatable bonds is 2. The van der Waals surface area contributed by atoms with Gasteiger partial charge in [0.25, 0.3) is 0 Å². The molecule has 0 spiro atoms. The van der Waals surface area contributed by atoms with Crippen molar-refractivity contribution in [3.63, 3.8) is 0 Å². The Kier molecular flexibility index (Phi) is 3.85. The second kappa shape index (κ2) is 6.16. The molecule has 1 aromatic heterocycles. The van der Waals surface area contributed by atoms with Gasteiger partial charge in [-0.25, -0.2) is 9.37 Å². The van der Waals surface area contributed by atoms with E-state index in [2.05, 4.69) is 17.1 Å². The fourth-order valence-electron chi connectivity index (χ4n) is 3.68. The molecule has 1 nitrogen and oxygen atoms in total. The van der Waals surface area contributed by atoms with Gasteiger partial charge in [-0.15, -0.1) is 0 Å². The number of aromatic nitrogens is 1. The second-order valence-corrected chi connectivity index (χ2v) is 6.25. The van der Waals surface area contributed by atoms with E-state index in [9.17, 15) is 8.78 Å². The minimum absolute atomic E-state index is 0.0120. The molecular weight excluding hydrogens is 304 g/mol. The lowest BCUT2D eigenvalue weighted by Gasteiger charge is -2.20. The van der Waals surface area contributed by atoms with Crippen LogP contribution in [0.3, 0.4) is 0 Å². The molecule has 2 aromatic carbocycles. The van der Waals surface area contributed by atoms with Gasteiger partial charge in [-0.3, -0.25) is 0 Å². The Bertz CT molecular complexity index is 889.